The molecule has 1 atom stereocenters. The highest BCUT2D eigenvalue weighted by atomic mass is 32.2. The van der Waals surface area contributed by atoms with Gasteiger partial charge in [-0.25, -0.2) is 4.39 Å². The van der Waals surface area contributed by atoms with Gasteiger partial charge in [0.1, 0.15) is 5.82 Å². The lowest BCUT2D eigenvalue weighted by molar-refractivity contribution is 0.632. The van der Waals surface area contributed by atoms with Gasteiger partial charge in [0.25, 0.3) is 0 Å². The molecule has 1 aromatic carbocycles. The maximum Gasteiger partial charge on any atom is 0.150 e. The van der Waals surface area contributed by atoms with Gasteiger partial charge in [-0.2, -0.15) is 0 Å². The average Bonchev–Trinajstić information content (AvgIpc) is 2.36. The van der Waals surface area contributed by atoms with Gasteiger partial charge in [-0.05, 0) is 31.4 Å². The topological polar surface area (TPSA) is 24.9 Å². The third kappa shape index (κ3) is 2.76. The normalized spacial score (nSPS) is 12.9. The predicted molar refractivity (Wildman–Crippen MR) is 70.4 cm³/mol. The molecule has 0 saturated carbocycles. The van der Waals surface area contributed by atoms with Gasteiger partial charge in [0.2, 0.25) is 0 Å². The van der Waals surface area contributed by atoms with Crippen LogP contribution in [0.2, 0.25) is 0 Å². The Hall–Kier alpha value is -1.13. The van der Waals surface area contributed by atoms with Crippen LogP contribution < -0.4 is 4.72 Å². The van der Waals surface area contributed by atoms with Crippen LogP contribution in [0.3, 0.4) is 0 Å². The molecule has 17 heavy (non-hydrogen) atoms. The van der Waals surface area contributed by atoms with E-state index in [9.17, 15) is 4.39 Å². The first-order valence-corrected chi connectivity index (χ1v) is 6.48. The summed E-state index contributed by atoms with van der Waals surface area (Å²) in [6.45, 7) is 4.22. The van der Waals surface area contributed by atoms with E-state index in [-0.39, 0.29) is 5.82 Å². The lowest BCUT2D eigenvalue weighted by atomic mass is 10.2. The predicted octanol–water partition coefficient (Wildman–Crippen LogP) is 3.77. The molecule has 0 amide bonds. The SMILES string of the molecule is CCC(C)NSc1cccc2cncc(F)c12. The summed E-state index contributed by atoms with van der Waals surface area (Å²) in [5.74, 6) is -0.267. The van der Waals surface area contributed by atoms with E-state index in [0.29, 0.717) is 11.4 Å². The van der Waals surface area contributed by atoms with Crippen molar-refractivity contribution in [2.75, 3.05) is 0 Å². The number of hydrogen-bond acceptors (Lipinski definition) is 3. The number of halogens is 1. The molecule has 2 rings (SSSR count). The highest BCUT2D eigenvalue weighted by Gasteiger charge is 2.08. The molecule has 1 heterocycles. The average molecular weight is 250 g/mol. The first-order chi connectivity index (χ1) is 8.22. The fourth-order valence-corrected chi connectivity index (χ4v) is 2.45. The van der Waals surface area contributed by atoms with E-state index in [1.807, 2.05) is 18.2 Å². The van der Waals surface area contributed by atoms with E-state index >= 15 is 0 Å². The van der Waals surface area contributed by atoms with E-state index in [4.69, 9.17) is 0 Å². The van der Waals surface area contributed by atoms with Gasteiger partial charge in [-0.1, -0.05) is 19.1 Å². The maximum absolute atomic E-state index is 13.7. The Bertz CT molecular complexity index is 510. The van der Waals surface area contributed by atoms with Crippen LogP contribution in [0.25, 0.3) is 10.8 Å². The van der Waals surface area contributed by atoms with Crippen molar-refractivity contribution in [2.24, 2.45) is 0 Å². The number of rotatable bonds is 4. The largest absolute Gasteiger partial charge is 0.261 e. The standard InChI is InChI=1S/C13H15FN2S/c1-3-9(2)16-17-12-6-4-5-10-7-15-8-11(14)13(10)12/h4-9,16H,3H2,1-2H3. The molecule has 0 aliphatic carbocycles. The lowest BCUT2D eigenvalue weighted by Crippen LogP contribution is -2.17. The molecule has 0 saturated heterocycles. The molecule has 4 heteroatoms. The van der Waals surface area contributed by atoms with Crippen molar-refractivity contribution in [1.29, 1.82) is 0 Å². The third-order valence-corrected chi connectivity index (χ3v) is 3.76. The molecule has 1 N–H and O–H groups in total. The van der Waals surface area contributed by atoms with Gasteiger partial charge in [0.05, 0.1) is 6.20 Å². The molecule has 0 aliphatic heterocycles. The Labute approximate surface area is 105 Å². The summed E-state index contributed by atoms with van der Waals surface area (Å²) >= 11 is 1.48. The molecular weight excluding hydrogens is 235 g/mol. The molecule has 2 nitrogen and oxygen atoms in total. The van der Waals surface area contributed by atoms with Crippen molar-refractivity contribution in [2.45, 2.75) is 31.2 Å². The van der Waals surface area contributed by atoms with Crippen LogP contribution in [-0.2, 0) is 0 Å². The van der Waals surface area contributed by atoms with Gasteiger partial charge in [-0.15, -0.1) is 0 Å². The number of nitrogens with one attached hydrogen (secondary N) is 1. The summed E-state index contributed by atoms with van der Waals surface area (Å²) in [6, 6.07) is 6.12. The minimum Gasteiger partial charge on any atom is -0.261 e. The molecule has 1 aromatic heterocycles. The van der Waals surface area contributed by atoms with Crippen LogP contribution in [0.4, 0.5) is 4.39 Å². The van der Waals surface area contributed by atoms with E-state index in [1.54, 1.807) is 6.20 Å². The van der Waals surface area contributed by atoms with Crippen molar-refractivity contribution in [3.63, 3.8) is 0 Å². The second-order valence-electron chi connectivity index (χ2n) is 4.00. The molecule has 0 aliphatic rings. The number of nitrogens with zero attached hydrogens (tertiary/aromatic N) is 1. The molecule has 0 radical (unpaired) electrons. The summed E-state index contributed by atoms with van der Waals surface area (Å²) in [7, 11) is 0. The van der Waals surface area contributed by atoms with E-state index in [1.165, 1.54) is 18.1 Å². The number of benzene rings is 1. The Morgan fingerprint density at radius 3 is 3.00 bits per heavy atom. The number of aromatic nitrogens is 1. The Kier molecular flexibility index (Phi) is 3.97. The van der Waals surface area contributed by atoms with Crippen LogP contribution in [-0.4, -0.2) is 11.0 Å². The molecule has 0 spiro atoms. The fraction of sp³-hybridized carbons (Fsp3) is 0.308. The number of pyridine rings is 1. The molecule has 90 valence electrons. The quantitative estimate of drug-likeness (QED) is 0.836. The molecular formula is C13H15FN2S. The van der Waals surface area contributed by atoms with Crippen molar-refractivity contribution < 1.29 is 4.39 Å². The summed E-state index contributed by atoms with van der Waals surface area (Å²) in [5.41, 5.74) is 0. The van der Waals surface area contributed by atoms with Gasteiger partial charge in [0.15, 0.2) is 0 Å². The lowest BCUT2D eigenvalue weighted by Gasteiger charge is -2.12. The summed E-state index contributed by atoms with van der Waals surface area (Å²) in [5, 5.41) is 1.48. The van der Waals surface area contributed by atoms with Gasteiger partial charge in [0, 0.05) is 27.9 Å². The minimum atomic E-state index is -0.267. The maximum atomic E-state index is 13.7. The number of fused-ring (bicyclic) bond motifs is 1. The highest BCUT2D eigenvalue weighted by Crippen LogP contribution is 2.28. The molecule has 0 bridgehead atoms. The zero-order chi connectivity index (χ0) is 12.3. The minimum absolute atomic E-state index is 0.267. The van der Waals surface area contributed by atoms with Crippen LogP contribution in [0, 0.1) is 5.82 Å². The zero-order valence-electron chi connectivity index (χ0n) is 9.90. The van der Waals surface area contributed by atoms with Crippen molar-refractivity contribution in [3.8, 4) is 0 Å². The van der Waals surface area contributed by atoms with Crippen LogP contribution in [0.1, 0.15) is 20.3 Å². The fourth-order valence-electron chi connectivity index (χ4n) is 1.49. The molecule has 2 aromatic rings. The van der Waals surface area contributed by atoms with E-state index in [0.717, 1.165) is 16.7 Å². The van der Waals surface area contributed by atoms with E-state index in [2.05, 4.69) is 23.6 Å². The van der Waals surface area contributed by atoms with Crippen LogP contribution in [0.5, 0.6) is 0 Å². The zero-order valence-corrected chi connectivity index (χ0v) is 10.7. The van der Waals surface area contributed by atoms with E-state index < -0.39 is 0 Å². The summed E-state index contributed by atoms with van der Waals surface area (Å²) < 4.78 is 17.0. The first kappa shape index (κ1) is 12.3. The summed E-state index contributed by atoms with van der Waals surface area (Å²) in [6.07, 6.45) is 3.99. The summed E-state index contributed by atoms with van der Waals surface area (Å²) in [4.78, 5) is 4.77. The third-order valence-electron chi connectivity index (χ3n) is 2.68. The van der Waals surface area contributed by atoms with Crippen molar-refractivity contribution in [1.82, 2.24) is 9.71 Å². The second kappa shape index (κ2) is 5.47. The first-order valence-electron chi connectivity index (χ1n) is 5.67. The van der Waals surface area contributed by atoms with Crippen molar-refractivity contribution >= 4 is 22.7 Å². The van der Waals surface area contributed by atoms with Crippen LogP contribution in [0.15, 0.2) is 35.5 Å². The molecule has 1 unspecified atom stereocenters. The smallest absolute Gasteiger partial charge is 0.150 e. The highest BCUT2D eigenvalue weighted by molar-refractivity contribution is 7.97. The van der Waals surface area contributed by atoms with Gasteiger partial charge < -0.3 is 0 Å². The van der Waals surface area contributed by atoms with Crippen LogP contribution >= 0.6 is 11.9 Å². The molecule has 0 fully saturated rings. The monoisotopic (exact) mass is 250 g/mol. The van der Waals surface area contributed by atoms with Crippen molar-refractivity contribution in [3.05, 3.63) is 36.4 Å². The van der Waals surface area contributed by atoms with Gasteiger partial charge in [-0.3, -0.25) is 9.71 Å². The Morgan fingerprint density at radius 2 is 2.24 bits per heavy atom. The Morgan fingerprint density at radius 1 is 1.41 bits per heavy atom. The second-order valence-corrected chi connectivity index (χ2v) is 4.88. The Balaban J connectivity index is 2.33. The number of hydrogen-bond donors (Lipinski definition) is 1. The van der Waals surface area contributed by atoms with Gasteiger partial charge >= 0.3 is 0 Å².